The van der Waals surface area contributed by atoms with Crippen LogP contribution in [0.25, 0.3) is 0 Å². The first-order valence-corrected chi connectivity index (χ1v) is 8.90. The molecule has 1 unspecified atom stereocenters. The Balaban J connectivity index is 2.01. The van der Waals surface area contributed by atoms with Crippen LogP contribution < -0.4 is 5.32 Å². The summed E-state index contributed by atoms with van der Waals surface area (Å²) < 4.78 is 0. The Morgan fingerprint density at radius 2 is 1.50 bits per heavy atom. The number of nitrogens with zero attached hydrogens (tertiary/aromatic N) is 1. The van der Waals surface area contributed by atoms with Crippen LogP contribution in [-0.2, 0) is 0 Å². The summed E-state index contributed by atoms with van der Waals surface area (Å²) in [6.45, 7) is 0. The molecular weight excluding hydrogens is 296 g/mol. The molecule has 0 aromatic heterocycles. The smallest absolute Gasteiger partial charge is 0.0792 e. The van der Waals surface area contributed by atoms with Crippen molar-refractivity contribution < 1.29 is 5.21 Å². The molecular formula is C18H27ClN2O. The van der Waals surface area contributed by atoms with Gasteiger partial charge in [-0.1, -0.05) is 61.7 Å². The molecule has 0 amide bonds. The molecule has 1 aromatic rings. The van der Waals surface area contributed by atoms with Crippen molar-refractivity contribution in [2.24, 2.45) is 5.16 Å². The normalized spacial score (nSPS) is 23.5. The number of anilines is 1. The zero-order valence-electron chi connectivity index (χ0n) is 13.2. The van der Waals surface area contributed by atoms with E-state index in [0.29, 0.717) is 0 Å². The summed E-state index contributed by atoms with van der Waals surface area (Å²) in [6, 6.07) is 7.84. The molecule has 1 atom stereocenters. The van der Waals surface area contributed by atoms with E-state index in [9.17, 15) is 5.21 Å². The van der Waals surface area contributed by atoms with Crippen LogP contribution in [0.5, 0.6) is 0 Å². The number of halogens is 1. The summed E-state index contributed by atoms with van der Waals surface area (Å²) in [5, 5.41) is 17.3. The van der Waals surface area contributed by atoms with Crippen molar-refractivity contribution in [2.75, 3.05) is 5.32 Å². The van der Waals surface area contributed by atoms with Gasteiger partial charge in [0.1, 0.15) is 0 Å². The van der Waals surface area contributed by atoms with E-state index in [-0.39, 0.29) is 6.04 Å². The van der Waals surface area contributed by atoms with Gasteiger partial charge in [0.15, 0.2) is 0 Å². The van der Waals surface area contributed by atoms with Gasteiger partial charge in [0.2, 0.25) is 0 Å². The monoisotopic (exact) mass is 322 g/mol. The van der Waals surface area contributed by atoms with Gasteiger partial charge >= 0.3 is 0 Å². The fourth-order valence-corrected chi connectivity index (χ4v) is 3.20. The minimum atomic E-state index is 0.116. The molecule has 0 saturated heterocycles. The molecule has 0 bridgehead atoms. The van der Waals surface area contributed by atoms with Crippen molar-refractivity contribution in [2.45, 2.75) is 70.3 Å². The highest BCUT2D eigenvalue weighted by Gasteiger charge is 2.17. The number of hydrogen-bond acceptors (Lipinski definition) is 3. The lowest BCUT2D eigenvalue weighted by Gasteiger charge is -2.22. The zero-order valence-corrected chi connectivity index (χ0v) is 14.0. The number of nitrogens with one attached hydrogen (secondary N) is 1. The Bertz CT molecular complexity index is 459. The molecule has 4 heteroatoms. The zero-order chi connectivity index (χ0) is 15.6. The van der Waals surface area contributed by atoms with Crippen molar-refractivity contribution in [1.29, 1.82) is 0 Å². The second-order valence-corrected chi connectivity index (χ2v) is 6.60. The molecule has 0 heterocycles. The molecule has 1 fully saturated rings. The molecule has 2 rings (SSSR count). The third kappa shape index (κ3) is 5.88. The lowest BCUT2D eigenvalue weighted by Crippen LogP contribution is -2.30. The fourth-order valence-electron chi connectivity index (χ4n) is 3.08. The summed E-state index contributed by atoms with van der Waals surface area (Å²) in [6.07, 6.45) is 12.0. The summed E-state index contributed by atoms with van der Waals surface area (Å²) in [4.78, 5) is 0. The largest absolute Gasteiger partial charge is 0.411 e. The Kier molecular flexibility index (Phi) is 7.58. The highest BCUT2D eigenvalue weighted by molar-refractivity contribution is 6.30. The lowest BCUT2D eigenvalue weighted by atomic mass is 9.96. The minimum absolute atomic E-state index is 0.116. The first-order chi connectivity index (χ1) is 10.8. The molecule has 122 valence electrons. The van der Waals surface area contributed by atoms with Crippen LogP contribution in [0, 0.1) is 0 Å². The molecule has 2 N–H and O–H groups in total. The minimum Gasteiger partial charge on any atom is -0.411 e. The maximum absolute atomic E-state index is 9.42. The number of rotatable bonds is 2. The molecule has 22 heavy (non-hydrogen) atoms. The van der Waals surface area contributed by atoms with Crippen LogP contribution in [0.2, 0.25) is 5.02 Å². The number of oxime groups is 1. The van der Waals surface area contributed by atoms with E-state index < -0.39 is 0 Å². The van der Waals surface area contributed by atoms with Crippen LogP contribution in [0.15, 0.2) is 29.4 Å². The number of hydrogen-bond donors (Lipinski definition) is 2. The molecule has 0 radical (unpaired) electrons. The molecule has 0 aliphatic heterocycles. The van der Waals surface area contributed by atoms with Crippen LogP contribution >= 0.6 is 11.6 Å². The average Bonchev–Trinajstić information content (AvgIpc) is 2.52. The molecule has 1 aliphatic rings. The Labute approximate surface area is 138 Å². The highest BCUT2D eigenvalue weighted by Crippen LogP contribution is 2.20. The van der Waals surface area contributed by atoms with Crippen molar-refractivity contribution in [3.05, 3.63) is 29.3 Å². The van der Waals surface area contributed by atoms with E-state index in [1.807, 2.05) is 24.3 Å². The predicted octanol–water partition coefficient (Wildman–Crippen LogP) is 5.87. The molecule has 0 spiro atoms. The van der Waals surface area contributed by atoms with Crippen molar-refractivity contribution >= 4 is 23.0 Å². The van der Waals surface area contributed by atoms with E-state index in [1.54, 1.807) is 0 Å². The summed E-state index contributed by atoms with van der Waals surface area (Å²) in [5.41, 5.74) is 1.91. The molecule has 1 aromatic carbocycles. The fraction of sp³-hybridized carbons (Fsp3) is 0.611. The summed E-state index contributed by atoms with van der Waals surface area (Å²) in [5.74, 6) is 0. The number of benzene rings is 1. The van der Waals surface area contributed by atoms with Gasteiger partial charge in [-0.3, -0.25) is 0 Å². The second-order valence-electron chi connectivity index (χ2n) is 6.16. The van der Waals surface area contributed by atoms with E-state index in [4.69, 9.17) is 11.6 Å². The van der Waals surface area contributed by atoms with Gasteiger partial charge in [0.25, 0.3) is 0 Å². The predicted molar refractivity (Wildman–Crippen MR) is 94.3 cm³/mol. The Morgan fingerprint density at radius 1 is 0.909 bits per heavy atom. The van der Waals surface area contributed by atoms with Gasteiger partial charge in [-0.2, -0.15) is 0 Å². The Hall–Kier alpha value is -1.22. The van der Waals surface area contributed by atoms with E-state index in [1.165, 1.54) is 44.9 Å². The van der Waals surface area contributed by atoms with Gasteiger partial charge in [0.05, 0.1) is 11.8 Å². The van der Waals surface area contributed by atoms with Crippen LogP contribution in [0.4, 0.5) is 5.69 Å². The van der Waals surface area contributed by atoms with Crippen molar-refractivity contribution in [3.63, 3.8) is 0 Å². The van der Waals surface area contributed by atoms with Gasteiger partial charge in [-0.25, -0.2) is 0 Å². The SMILES string of the molecule is ON=C1CCCCCCCCCCC1Nc1ccc(Cl)cc1. The van der Waals surface area contributed by atoms with Gasteiger partial charge in [0, 0.05) is 10.7 Å². The van der Waals surface area contributed by atoms with Crippen LogP contribution in [-0.4, -0.2) is 17.0 Å². The maximum atomic E-state index is 9.42. The summed E-state index contributed by atoms with van der Waals surface area (Å²) >= 11 is 5.94. The van der Waals surface area contributed by atoms with Crippen LogP contribution in [0.1, 0.15) is 64.2 Å². The van der Waals surface area contributed by atoms with Crippen molar-refractivity contribution in [3.8, 4) is 0 Å². The Morgan fingerprint density at radius 3 is 2.14 bits per heavy atom. The van der Waals surface area contributed by atoms with Gasteiger partial charge in [-0.05, 0) is 43.5 Å². The summed E-state index contributed by atoms with van der Waals surface area (Å²) in [7, 11) is 0. The topological polar surface area (TPSA) is 44.6 Å². The standard InChI is InChI=1S/C18H27ClN2O/c19-15-11-13-16(14-12-15)20-17-9-7-5-3-1-2-4-6-8-10-18(17)21-22/h11-14,17,20,22H,1-10H2. The average molecular weight is 323 g/mol. The van der Waals surface area contributed by atoms with E-state index >= 15 is 0 Å². The van der Waals surface area contributed by atoms with Gasteiger partial charge < -0.3 is 10.5 Å². The second kappa shape index (κ2) is 9.73. The first-order valence-electron chi connectivity index (χ1n) is 8.52. The van der Waals surface area contributed by atoms with Crippen LogP contribution in [0.3, 0.4) is 0 Å². The molecule has 1 saturated carbocycles. The highest BCUT2D eigenvalue weighted by atomic mass is 35.5. The van der Waals surface area contributed by atoms with Gasteiger partial charge in [-0.15, -0.1) is 0 Å². The first kappa shape index (κ1) is 17.1. The van der Waals surface area contributed by atoms with Crippen molar-refractivity contribution in [1.82, 2.24) is 0 Å². The molecule has 3 nitrogen and oxygen atoms in total. The lowest BCUT2D eigenvalue weighted by molar-refractivity contribution is 0.314. The molecule has 1 aliphatic carbocycles. The van der Waals surface area contributed by atoms with E-state index in [0.717, 1.165) is 35.7 Å². The van der Waals surface area contributed by atoms with E-state index in [2.05, 4.69) is 10.5 Å². The third-order valence-electron chi connectivity index (χ3n) is 4.39. The third-order valence-corrected chi connectivity index (χ3v) is 4.64. The maximum Gasteiger partial charge on any atom is 0.0792 e. The quantitative estimate of drug-likeness (QED) is 0.528.